The van der Waals surface area contributed by atoms with Crippen LogP contribution < -0.4 is 4.74 Å². The van der Waals surface area contributed by atoms with Crippen molar-refractivity contribution in [3.8, 4) is 11.5 Å². The SMILES string of the molecule is C=C([C@H]1C[C@@]23CC[C@@]1(OC)[C@@H]1Oc4c(O)ccc5c4[C@@]12C[C@@]1(C5)CN(CC2CC2)[C@H]13)C(C)(C)C. The molecular formula is C30H39NO3. The number of benzene rings is 1. The minimum Gasteiger partial charge on any atom is -0.504 e. The molecule has 0 amide bonds. The number of aromatic hydroxyl groups is 1. The number of methoxy groups -OCH3 is 1. The maximum absolute atomic E-state index is 11.0. The number of hydrogen-bond acceptors (Lipinski definition) is 4. The summed E-state index contributed by atoms with van der Waals surface area (Å²) in [5.41, 5.74) is 4.26. The van der Waals surface area contributed by atoms with E-state index in [1.54, 1.807) is 0 Å². The van der Waals surface area contributed by atoms with Gasteiger partial charge in [-0.15, -0.1) is 0 Å². The summed E-state index contributed by atoms with van der Waals surface area (Å²) in [5.74, 6) is 2.29. The lowest BCUT2D eigenvalue weighted by molar-refractivity contribution is -0.247. The highest BCUT2D eigenvalue weighted by Gasteiger charge is 2.87. The van der Waals surface area contributed by atoms with Gasteiger partial charge in [-0.05, 0) is 67.9 Å². The standard InChI is InChI=1S/C30H39NO3/c1-17(26(2,3)4)20-13-28-10-11-30(20,33-5)25-29(28)15-27(16-31(24(27)28)14-18-6-7-18)12-19-8-9-21(32)23(34-25)22(19)29/h8-9,18,20,24-25,32H,1,6-7,10-16H2,2-5H3/t20-,24-,25-,27+,28-,29+,30+/m1/s1. The predicted molar refractivity (Wildman–Crippen MR) is 131 cm³/mol. The van der Waals surface area contributed by atoms with Gasteiger partial charge in [0, 0.05) is 54.0 Å². The lowest BCUT2D eigenvalue weighted by Gasteiger charge is -2.69. The molecule has 5 saturated carbocycles. The van der Waals surface area contributed by atoms with E-state index in [9.17, 15) is 5.11 Å². The third-order valence-electron chi connectivity index (χ3n) is 11.9. The van der Waals surface area contributed by atoms with Crippen molar-refractivity contribution in [2.75, 3.05) is 20.2 Å². The van der Waals surface area contributed by atoms with Gasteiger partial charge in [0.05, 0.1) is 0 Å². The summed E-state index contributed by atoms with van der Waals surface area (Å²) in [6.07, 6.45) is 8.53. The van der Waals surface area contributed by atoms with Gasteiger partial charge in [-0.3, -0.25) is 4.90 Å². The van der Waals surface area contributed by atoms with Gasteiger partial charge < -0.3 is 14.6 Å². The Kier molecular flexibility index (Phi) is 3.48. The van der Waals surface area contributed by atoms with Gasteiger partial charge in [-0.2, -0.15) is 0 Å². The van der Waals surface area contributed by atoms with Gasteiger partial charge in [-0.1, -0.05) is 39.0 Å². The monoisotopic (exact) mass is 461 g/mol. The fourth-order valence-electron chi connectivity index (χ4n) is 10.7. The maximum Gasteiger partial charge on any atom is 0.165 e. The van der Waals surface area contributed by atoms with Crippen LogP contribution in [0.1, 0.15) is 70.4 Å². The second-order valence-corrected chi connectivity index (χ2v) is 14.3. The van der Waals surface area contributed by atoms with Crippen LogP contribution in [0.2, 0.25) is 0 Å². The Morgan fingerprint density at radius 3 is 2.76 bits per heavy atom. The smallest absolute Gasteiger partial charge is 0.165 e. The summed E-state index contributed by atoms with van der Waals surface area (Å²) in [4.78, 5) is 2.90. The van der Waals surface area contributed by atoms with E-state index in [2.05, 4.69) is 31.7 Å². The summed E-state index contributed by atoms with van der Waals surface area (Å²) >= 11 is 0. The van der Waals surface area contributed by atoms with E-state index in [1.807, 2.05) is 13.2 Å². The molecule has 6 aliphatic carbocycles. The molecule has 182 valence electrons. The Morgan fingerprint density at radius 2 is 2.06 bits per heavy atom. The quantitative estimate of drug-likeness (QED) is 0.625. The van der Waals surface area contributed by atoms with Crippen LogP contribution in [0.5, 0.6) is 11.5 Å². The largest absolute Gasteiger partial charge is 0.504 e. The van der Waals surface area contributed by atoms with Gasteiger partial charge in [0.25, 0.3) is 0 Å². The Bertz CT molecular complexity index is 1150. The molecule has 9 rings (SSSR count). The fraction of sp³-hybridized carbons (Fsp3) is 0.733. The highest BCUT2D eigenvalue weighted by Crippen LogP contribution is 2.84. The van der Waals surface area contributed by atoms with Gasteiger partial charge >= 0.3 is 0 Å². The maximum atomic E-state index is 11.0. The van der Waals surface area contributed by atoms with Crippen molar-refractivity contribution in [2.45, 2.75) is 88.9 Å². The molecule has 1 saturated heterocycles. The van der Waals surface area contributed by atoms with Crippen LogP contribution in [0.3, 0.4) is 0 Å². The van der Waals surface area contributed by atoms with E-state index >= 15 is 0 Å². The zero-order valence-corrected chi connectivity index (χ0v) is 21.2. The molecule has 3 spiro atoms. The molecular weight excluding hydrogens is 422 g/mol. The van der Waals surface area contributed by atoms with Crippen molar-refractivity contribution in [1.29, 1.82) is 0 Å². The molecule has 6 fully saturated rings. The second-order valence-electron chi connectivity index (χ2n) is 14.3. The minimum absolute atomic E-state index is 0.0227. The van der Waals surface area contributed by atoms with Crippen LogP contribution in [0.4, 0.5) is 0 Å². The molecule has 4 bridgehead atoms. The van der Waals surface area contributed by atoms with Crippen molar-refractivity contribution in [1.82, 2.24) is 4.90 Å². The van der Waals surface area contributed by atoms with Crippen LogP contribution in [-0.4, -0.2) is 48.0 Å². The Labute approximate surface area is 203 Å². The Hall–Kier alpha value is -1.52. The first-order valence-corrected chi connectivity index (χ1v) is 13.6. The van der Waals surface area contributed by atoms with E-state index in [1.165, 1.54) is 55.5 Å². The van der Waals surface area contributed by atoms with E-state index in [4.69, 9.17) is 16.1 Å². The Balaban J connectivity index is 1.38. The molecule has 34 heavy (non-hydrogen) atoms. The van der Waals surface area contributed by atoms with E-state index in [-0.39, 0.29) is 33.9 Å². The first kappa shape index (κ1) is 20.7. The zero-order chi connectivity index (χ0) is 23.5. The van der Waals surface area contributed by atoms with Crippen molar-refractivity contribution < 1.29 is 14.6 Å². The number of rotatable bonds is 4. The van der Waals surface area contributed by atoms with Crippen molar-refractivity contribution in [3.05, 3.63) is 35.4 Å². The third kappa shape index (κ3) is 1.95. The molecule has 1 N–H and O–H groups in total. The lowest BCUT2D eigenvalue weighted by Crippen LogP contribution is -2.76. The summed E-state index contributed by atoms with van der Waals surface area (Å²) < 4.78 is 13.6. The zero-order valence-electron chi connectivity index (χ0n) is 21.2. The number of ether oxygens (including phenoxy) is 2. The van der Waals surface area contributed by atoms with Crippen molar-refractivity contribution in [2.24, 2.45) is 28.1 Å². The molecule has 1 aromatic carbocycles. The summed E-state index contributed by atoms with van der Waals surface area (Å²) in [7, 11) is 1.91. The molecule has 1 aromatic rings. The topological polar surface area (TPSA) is 41.9 Å². The highest BCUT2D eigenvalue weighted by molar-refractivity contribution is 5.65. The van der Waals surface area contributed by atoms with E-state index in [0.29, 0.717) is 17.2 Å². The molecule has 0 unspecified atom stereocenters. The van der Waals surface area contributed by atoms with E-state index < -0.39 is 0 Å². The number of phenolic OH excluding ortho intramolecular Hbond substituents is 1. The van der Waals surface area contributed by atoms with Crippen LogP contribution in [0.25, 0.3) is 0 Å². The molecule has 4 nitrogen and oxygen atoms in total. The van der Waals surface area contributed by atoms with Gasteiger partial charge in [0.2, 0.25) is 0 Å². The van der Waals surface area contributed by atoms with E-state index in [0.717, 1.165) is 30.9 Å². The predicted octanol–water partition coefficient (Wildman–Crippen LogP) is 5.22. The van der Waals surface area contributed by atoms with Crippen LogP contribution in [0, 0.1) is 28.1 Å². The average Bonchev–Trinajstić information content (AvgIpc) is 3.49. The summed E-state index contributed by atoms with van der Waals surface area (Å²) in [5, 5.41) is 11.0. The van der Waals surface area contributed by atoms with Gasteiger partial charge in [0.15, 0.2) is 11.5 Å². The number of hydrogen-bond donors (Lipinski definition) is 1. The Morgan fingerprint density at radius 1 is 1.26 bits per heavy atom. The molecule has 0 radical (unpaired) electrons. The summed E-state index contributed by atoms with van der Waals surface area (Å²) in [6.45, 7) is 14.2. The molecule has 2 heterocycles. The first-order valence-electron chi connectivity index (χ1n) is 13.6. The molecule has 0 aromatic heterocycles. The van der Waals surface area contributed by atoms with Crippen molar-refractivity contribution >= 4 is 0 Å². The number of likely N-dealkylation sites (tertiary alicyclic amines) is 1. The minimum atomic E-state index is -0.377. The van der Waals surface area contributed by atoms with Crippen LogP contribution >= 0.6 is 0 Å². The lowest BCUT2D eigenvalue weighted by atomic mass is 9.39. The molecule has 7 atom stereocenters. The number of phenols is 1. The molecule has 8 aliphatic rings. The van der Waals surface area contributed by atoms with Gasteiger partial charge in [0.1, 0.15) is 11.7 Å². The van der Waals surface area contributed by atoms with Gasteiger partial charge in [-0.25, -0.2) is 0 Å². The average molecular weight is 462 g/mol. The normalized spacial score (nSPS) is 47.1. The third-order valence-corrected chi connectivity index (χ3v) is 11.9. The van der Waals surface area contributed by atoms with Crippen molar-refractivity contribution in [3.63, 3.8) is 0 Å². The highest BCUT2D eigenvalue weighted by atomic mass is 16.6. The number of fused-ring (bicyclic) bond motifs is 2. The van der Waals surface area contributed by atoms with Crippen LogP contribution in [-0.2, 0) is 16.6 Å². The van der Waals surface area contributed by atoms with Crippen LogP contribution in [0.15, 0.2) is 24.3 Å². The molecule has 2 aliphatic heterocycles. The molecule has 4 heteroatoms. The second kappa shape index (κ2) is 5.72. The fourth-order valence-corrected chi connectivity index (χ4v) is 10.7. The number of nitrogens with zero attached hydrogens (tertiary/aromatic N) is 1. The summed E-state index contributed by atoms with van der Waals surface area (Å²) in [6, 6.07) is 4.73. The first-order chi connectivity index (χ1) is 16.1.